The van der Waals surface area contributed by atoms with Crippen molar-refractivity contribution in [2.75, 3.05) is 13.6 Å². The second-order valence-electron chi connectivity index (χ2n) is 2.82. The van der Waals surface area contributed by atoms with E-state index in [0.717, 1.165) is 0 Å². The van der Waals surface area contributed by atoms with Crippen molar-refractivity contribution in [3.63, 3.8) is 0 Å². The van der Waals surface area contributed by atoms with Gasteiger partial charge >= 0.3 is 5.97 Å². The number of allylic oxidation sites excluding steroid dienone is 1. The minimum atomic E-state index is -0.570. The molecule has 0 aliphatic heterocycles. The molecule has 0 fully saturated rings. The van der Waals surface area contributed by atoms with Crippen LogP contribution >= 0.6 is 0 Å². The Kier molecular flexibility index (Phi) is 7.21. The number of likely N-dealkylation sites (N-methyl/N-ethyl adjacent to an activating group) is 1. The molecule has 0 spiro atoms. The first-order chi connectivity index (χ1) is 7.63. The third-order valence-corrected chi connectivity index (χ3v) is 1.70. The Morgan fingerprint density at radius 3 is 2.88 bits per heavy atom. The summed E-state index contributed by atoms with van der Waals surface area (Å²) in [6, 6.07) is 0. The van der Waals surface area contributed by atoms with Crippen molar-refractivity contribution in [2.24, 2.45) is 11.0 Å². The van der Waals surface area contributed by atoms with E-state index in [1.807, 2.05) is 0 Å². The van der Waals surface area contributed by atoms with Gasteiger partial charge in [0.1, 0.15) is 0 Å². The van der Waals surface area contributed by atoms with E-state index < -0.39 is 5.97 Å². The Bertz CT molecular complexity index is 331. The summed E-state index contributed by atoms with van der Waals surface area (Å²) in [5.74, 6) is 4.08. The second kappa shape index (κ2) is 8.27. The van der Waals surface area contributed by atoms with Gasteiger partial charge in [-0.2, -0.15) is 5.90 Å². The van der Waals surface area contributed by atoms with Gasteiger partial charge < -0.3 is 15.6 Å². The fourth-order valence-electron chi connectivity index (χ4n) is 0.883. The monoisotopic (exact) mass is 226 g/mol. The predicted molar refractivity (Wildman–Crippen MR) is 58.4 cm³/mol. The summed E-state index contributed by atoms with van der Waals surface area (Å²) in [6.45, 7) is 0.136. The summed E-state index contributed by atoms with van der Waals surface area (Å²) < 4.78 is 0. The van der Waals surface area contributed by atoms with Gasteiger partial charge in [0.15, 0.2) is 0 Å². The van der Waals surface area contributed by atoms with Crippen LogP contribution in [-0.2, 0) is 9.63 Å². The molecule has 0 aliphatic carbocycles. The van der Waals surface area contributed by atoms with E-state index in [1.165, 1.54) is 6.08 Å². The van der Waals surface area contributed by atoms with Crippen LogP contribution in [0.1, 0.15) is 12.8 Å². The van der Waals surface area contributed by atoms with Crippen LogP contribution in [0, 0.1) is 5.41 Å². The molecule has 8 heteroatoms. The van der Waals surface area contributed by atoms with Gasteiger partial charge in [0.2, 0.25) is 0 Å². The molecular weight excluding hydrogens is 212 g/mol. The highest BCUT2D eigenvalue weighted by Crippen LogP contribution is 1.98. The standard InChI is InChI=1S/C8H14N6O2/c1-12-7(5-13-14-10)4-6(9)2-3-8(15)16-11/h4,9,12H,2-3,5,11H2,1H3/b7-4-,9-6?. The van der Waals surface area contributed by atoms with E-state index in [9.17, 15) is 4.79 Å². The summed E-state index contributed by atoms with van der Waals surface area (Å²) in [4.78, 5) is 17.3. The molecule has 0 aromatic heterocycles. The van der Waals surface area contributed by atoms with E-state index in [2.05, 4.69) is 26.1 Å². The zero-order valence-electron chi connectivity index (χ0n) is 8.93. The fourth-order valence-corrected chi connectivity index (χ4v) is 0.883. The summed E-state index contributed by atoms with van der Waals surface area (Å²) >= 11 is 0. The molecule has 0 bridgehead atoms. The molecule has 8 nitrogen and oxygen atoms in total. The minimum absolute atomic E-state index is 0.0460. The summed E-state index contributed by atoms with van der Waals surface area (Å²) in [6.07, 6.45) is 1.76. The predicted octanol–water partition coefficient (Wildman–Crippen LogP) is 0.617. The number of nitrogens with zero attached hydrogens (tertiary/aromatic N) is 3. The SMILES string of the molecule is CN/C(=C\C(=N)CCC(=O)ON)CN=[N+]=[N-]. The van der Waals surface area contributed by atoms with Crippen LogP contribution in [0.2, 0.25) is 0 Å². The maximum Gasteiger partial charge on any atom is 0.324 e. The number of nitrogens with one attached hydrogen (secondary N) is 2. The molecule has 0 heterocycles. The van der Waals surface area contributed by atoms with E-state index in [0.29, 0.717) is 5.70 Å². The molecule has 0 rings (SSSR count). The van der Waals surface area contributed by atoms with Crippen LogP contribution in [0.15, 0.2) is 16.9 Å². The Balaban J connectivity index is 4.20. The van der Waals surface area contributed by atoms with Gasteiger partial charge in [-0.3, -0.25) is 4.79 Å². The van der Waals surface area contributed by atoms with Crippen molar-refractivity contribution in [3.05, 3.63) is 22.2 Å². The molecule has 0 radical (unpaired) electrons. The highest BCUT2D eigenvalue weighted by Gasteiger charge is 2.03. The summed E-state index contributed by atoms with van der Waals surface area (Å²) in [5, 5.41) is 13.7. The Morgan fingerprint density at radius 1 is 1.69 bits per heavy atom. The van der Waals surface area contributed by atoms with Crippen molar-refractivity contribution in [1.29, 1.82) is 5.41 Å². The summed E-state index contributed by atoms with van der Waals surface area (Å²) in [5.41, 5.74) is 8.95. The van der Waals surface area contributed by atoms with Gasteiger partial charge in [-0.25, -0.2) is 0 Å². The number of nitrogens with two attached hydrogens (primary N) is 1. The van der Waals surface area contributed by atoms with E-state index in [-0.39, 0.29) is 25.1 Å². The molecule has 88 valence electrons. The first kappa shape index (κ1) is 13.9. The molecule has 0 saturated heterocycles. The van der Waals surface area contributed by atoms with Gasteiger partial charge in [0.25, 0.3) is 0 Å². The maximum atomic E-state index is 10.7. The molecule has 16 heavy (non-hydrogen) atoms. The van der Waals surface area contributed by atoms with E-state index >= 15 is 0 Å². The summed E-state index contributed by atoms with van der Waals surface area (Å²) in [7, 11) is 1.65. The molecule has 0 aromatic rings. The smallest absolute Gasteiger partial charge is 0.324 e. The van der Waals surface area contributed by atoms with Gasteiger partial charge in [-0.1, -0.05) is 5.11 Å². The molecular formula is C8H14N6O2. The van der Waals surface area contributed by atoms with Gasteiger partial charge in [0.05, 0.1) is 13.0 Å². The number of carbonyl (C=O) groups is 1. The van der Waals surface area contributed by atoms with Crippen LogP contribution in [0.3, 0.4) is 0 Å². The van der Waals surface area contributed by atoms with Crippen molar-refractivity contribution in [3.8, 4) is 0 Å². The lowest BCUT2D eigenvalue weighted by Gasteiger charge is -2.03. The first-order valence-corrected chi connectivity index (χ1v) is 4.50. The van der Waals surface area contributed by atoms with E-state index in [4.69, 9.17) is 10.9 Å². The zero-order chi connectivity index (χ0) is 12.4. The van der Waals surface area contributed by atoms with E-state index in [1.54, 1.807) is 7.05 Å². The minimum Gasteiger partial charge on any atom is -0.391 e. The number of hydrogen-bond acceptors (Lipinski definition) is 6. The average Bonchev–Trinajstić information content (AvgIpc) is 2.31. The van der Waals surface area contributed by atoms with Crippen LogP contribution in [0.25, 0.3) is 10.4 Å². The van der Waals surface area contributed by atoms with Gasteiger partial charge in [-0.05, 0) is 18.0 Å². The Morgan fingerprint density at radius 2 is 2.38 bits per heavy atom. The van der Waals surface area contributed by atoms with Crippen LogP contribution in [-0.4, -0.2) is 25.3 Å². The van der Waals surface area contributed by atoms with Gasteiger partial charge in [0, 0.05) is 23.4 Å². The Hall–Kier alpha value is -2.05. The number of carbonyl (C=O) groups excluding carboxylic acids is 1. The number of azide groups is 1. The normalized spacial score (nSPS) is 10.2. The largest absolute Gasteiger partial charge is 0.391 e. The van der Waals surface area contributed by atoms with Crippen LogP contribution < -0.4 is 11.2 Å². The van der Waals surface area contributed by atoms with Crippen LogP contribution in [0.4, 0.5) is 0 Å². The molecule has 0 amide bonds. The Labute approximate surface area is 92.5 Å². The van der Waals surface area contributed by atoms with Gasteiger partial charge in [-0.15, -0.1) is 0 Å². The third kappa shape index (κ3) is 6.41. The van der Waals surface area contributed by atoms with Crippen molar-refractivity contribution in [2.45, 2.75) is 12.8 Å². The molecule has 4 N–H and O–H groups in total. The van der Waals surface area contributed by atoms with Crippen molar-refractivity contribution in [1.82, 2.24) is 5.32 Å². The molecule has 0 saturated carbocycles. The number of rotatable bonds is 7. The van der Waals surface area contributed by atoms with Crippen LogP contribution in [0.5, 0.6) is 0 Å². The lowest BCUT2D eigenvalue weighted by atomic mass is 10.2. The maximum absolute atomic E-state index is 10.7. The highest BCUT2D eigenvalue weighted by atomic mass is 16.7. The topological polar surface area (TPSA) is 137 Å². The lowest BCUT2D eigenvalue weighted by Crippen LogP contribution is -2.13. The second-order valence-corrected chi connectivity index (χ2v) is 2.82. The molecule has 0 aromatic carbocycles. The molecule has 0 atom stereocenters. The quantitative estimate of drug-likeness (QED) is 0.192. The fraction of sp³-hybridized carbons (Fsp3) is 0.500. The molecule has 0 unspecified atom stereocenters. The highest BCUT2D eigenvalue weighted by molar-refractivity contribution is 5.94. The van der Waals surface area contributed by atoms with Crippen molar-refractivity contribution >= 4 is 11.7 Å². The molecule has 0 aliphatic rings. The first-order valence-electron chi connectivity index (χ1n) is 4.50. The lowest BCUT2D eigenvalue weighted by molar-refractivity contribution is -0.144. The zero-order valence-corrected chi connectivity index (χ0v) is 8.93. The average molecular weight is 226 g/mol. The number of hydrogen-bond donors (Lipinski definition) is 3. The van der Waals surface area contributed by atoms with Crippen molar-refractivity contribution < 1.29 is 9.63 Å². The third-order valence-electron chi connectivity index (χ3n) is 1.70.